The van der Waals surface area contributed by atoms with E-state index in [4.69, 9.17) is 22.1 Å². The van der Waals surface area contributed by atoms with Crippen LogP contribution in [0.25, 0.3) is 0 Å². The number of anilines is 1. The third kappa shape index (κ3) is 2.50. The number of halogens is 1. The summed E-state index contributed by atoms with van der Waals surface area (Å²) in [5, 5.41) is 0.487. The van der Waals surface area contributed by atoms with E-state index >= 15 is 0 Å². The Morgan fingerprint density at radius 1 is 1.24 bits per heavy atom. The molecule has 1 heterocycles. The number of nitrogens with zero attached hydrogens (tertiary/aromatic N) is 1. The first-order chi connectivity index (χ1) is 8.08. The second-order valence-corrected chi connectivity index (χ2v) is 4.27. The smallest absolute Gasteiger partial charge is 0.238 e. The maximum absolute atomic E-state index is 5.99. The summed E-state index contributed by atoms with van der Waals surface area (Å²) in [6.45, 7) is 3.86. The number of hydrogen-bond acceptors (Lipinski definition) is 3. The van der Waals surface area contributed by atoms with Gasteiger partial charge in [-0.15, -0.1) is 0 Å². The van der Waals surface area contributed by atoms with Crippen LogP contribution >= 0.6 is 11.6 Å². The predicted molar refractivity (Wildman–Crippen MR) is 69.6 cm³/mol. The molecular weight excluding hydrogens is 236 g/mol. The fourth-order valence-corrected chi connectivity index (χ4v) is 1.63. The largest absolute Gasteiger partial charge is 0.437 e. The van der Waals surface area contributed by atoms with E-state index in [1.807, 2.05) is 26.0 Å². The number of hydrogen-bond donors (Lipinski definition) is 1. The van der Waals surface area contributed by atoms with Crippen LogP contribution in [0.5, 0.6) is 11.6 Å². The van der Waals surface area contributed by atoms with Gasteiger partial charge in [0.25, 0.3) is 0 Å². The number of aromatic nitrogens is 1. The van der Waals surface area contributed by atoms with Crippen molar-refractivity contribution in [1.29, 1.82) is 0 Å². The minimum atomic E-state index is 0.404. The number of nitrogens with two attached hydrogens (primary N) is 1. The maximum atomic E-state index is 5.99. The van der Waals surface area contributed by atoms with Gasteiger partial charge >= 0.3 is 0 Å². The van der Waals surface area contributed by atoms with Gasteiger partial charge in [0.05, 0.1) is 0 Å². The second kappa shape index (κ2) is 4.63. The molecule has 88 valence electrons. The van der Waals surface area contributed by atoms with Crippen molar-refractivity contribution >= 4 is 17.3 Å². The summed E-state index contributed by atoms with van der Waals surface area (Å²) in [5.74, 6) is 1.12. The monoisotopic (exact) mass is 248 g/mol. The lowest BCUT2D eigenvalue weighted by Crippen LogP contribution is -1.95. The first-order valence-corrected chi connectivity index (χ1v) is 5.61. The Balaban J connectivity index is 2.37. The van der Waals surface area contributed by atoms with Crippen molar-refractivity contribution in [2.24, 2.45) is 0 Å². The zero-order chi connectivity index (χ0) is 12.4. The Kier molecular flexibility index (Phi) is 3.20. The van der Waals surface area contributed by atoms with Crippen LogP contribution in [0.1, 0.15) is 11.1 Å². The van der Waals surface area contributed by atoms with Gasteiger partial charge in [-0.2, -0.15) is 0 Å². The van der Waals surface area contributed by atoms with Crippen LogP contribution in [0, 0.1) is 13.8 Å². The molecule has 0 bridgehead atoms. The third-order valence-corrected chi connectivity index (χ3v) is 2.78. The first-order valence-electron chi connectivity index (χ1n) is 5.23. The Hall–Kier alpha value is -1.74. The molecule has 0 aliphatic carbocycles. The molecule has 17 heavy (non-hydrogen) atoms. The molecule has 2 N–H and O–H groups in total. The van der Waals surface area contributed by atoms with Crippen LogP contribution < -0.4 is 10.5 Å². The molecule has 2 aromatic rings. The summed E-state index contributed by atoms with van der Waals surface area (Å²) >= 11 is 5.99. The first kappa shape index (κ1) is 11.7. The molecule has 0 amide bonds. The molecule has 0 fully saturated rings. The van der Waals surface area contributed by atoms with E-state index in [0.717, 1.165) is 22.6 Å². The fraction of sp³-hybridized carbons (Fsp3) is 0.154. The highest BCUT2D eigenvalue weighted by Gasteiger charge is 2.08. The van der Waals surface area contributed by atoms with Gasteiger partial charge in [-0.3, -0.25) is 0 Å². The van der Waals surface area contributed by atoms with E-state index in [2.05, 4.69) is 4.98 Å². The average molecular weight is 249 g/mol. The second-order valence-electron chi connectivity index (χ2n) is 3.87. The van der Waals surface area contributed by atoms with Crippen molar-refractivity contribution in [3.8, 4) is 11.6 Å². The van der Waals surface area contributed by atoms with E-state index in [-0.39, 0.29) is 0 Å². The lowest BCUT2D eigenvalue weighted by molar-refractivity contribution is 0.459. The molecule has 0 saturated heterocycles. The molecule has 0 spiro atoms. The molecule has 1 aromatic carbocycles. The van der Waals surface area contributed by atoms with Crippen LogP contribution in [0.2, 0.25) is 5.02 Å². The molecular formula is C13H13ClN2O. The zero-order valence-electron chi connectivity index (χ0n) is 9.70. The molecule has 0 unspecified atom stereocenters. The third-order valence-electron chi connectivity index (χ3n) is 2.49. The van der Waals surface area contributed by atoms with Gasteiger partial charge in [0, 0.05) is 11.9 Å². The van der Waals surface area contributed by atoms with Crippen molar-refractivity contribution in [2.45, 2.75) is 13.8 Å². The van der Waals surface area contributed by atoms with Gasteiger partial charge in [-0.1, -0.05) is 11.6 Å². The van der Waals surface area contributed by atoms with E-state index in [1.54, 1.807) is 18.3 Å². The van der Waals surface area contributed by atoms with Crippen molar-refractivity contribution in [1.82, 2.24) is 4.98 Å². The number of rotatable bonds is 2. The summed E-state index contributed by atoms with van der Waals surface area (Å²) < 4.78 is 5.68. The average Bonchev–Trinajstić information content (AvgIpc) is 2.29. The lowest BCUT2D eigenvalue weighted by Gasteiger charge is -2.11. The molecule has 0 aliphatic heterocycles. The maximum Gasteiger partial charge on any atom is 0.238 e. The van der Waals surface area contributed by atoms with Crippen LogP contribution in [0.3, 0.4) is 0 Å². The number of benzene rings is 1. The molecule has 4 heteroatoms. The van der Waals surface area contributed by atoms with Gasteiger partial charge in [-0.25, -0.2) is 4.98 Å². The van der Waals surface area contributed by atoms with Crippen molar-refractivity contribution in [3.05, 3.63) is 46.6 Å². The molecule has 0 radical (unpaired) electrons. The van der Waals surface area contributed by atoms with Crippen molar-refractivity contribution < 1.29 is 4.74 Å². The molecule has 2 rings (SSSR count). The standard InChI is InChI=1S/C13H13ClN2O/c1-8-7-12(9(2)6-11(8)15)17-13-10(14)4-3-5-16-13/h3-7H,15H2,1-2H3. The Morgan fingerprint density at radius 3 is 2.71 bits per heavy atom. The van der Waals surface area contributed by atoms with E-state index in [0.29, 0.717) is 10.9 Å². The number of pyridine rings is 1. The lowest BCUT2D eigenvalue weighted by atomic mass is 10.1. The highest BCUT2D eigenvalue weighted by Crippen LogP contribution is 2.31. The topological polar surface area (TPSA) is 48.1 Å². The molecule has 0 aliphatic rings. The SMILES string of the molecule is Cc1cc(Oc2ncccc2Cl)c(C)cc1N. The molecule has 0 saturated carbocycles. The minimum Gasteiger partial charge on any atom is -0.437 e. The normalized spacial score (nSPS) is 10.3. The van der Waals surface area contributed by atoms with Crippen LogP contribution in [0.4, 0.5) is 5.69 Å². The summed E-state index contributed by atoms with van der Waals surface area (Å²) in [6, 6.07) is 7.26. The van der Waals surface area contributed by atoms with Gasteiger partial charge < -0.3 is 10.5 Å². The van der Waals surface area contributed by atoms with Crippen LogP contribution in [0.15, 0.2) is 30.5 Å². The van der Waals surface area contributed by atoms with Crippen LogP contribution in [-0.4, -0.2) is 4.98 Å². The van der Waals surface area contributed by atoms with Gasteiger partial charge in [0.2, 0.25) is 5.88 Å². The fourth-order valence-electron chi connectivity index (χ4n) is 1.47. The Labute approximate surface area is 105 Å². The summed E-state index contributed by atoms with van der Waals surface area (Å²) in [5.41, 5.74) is 8.49. The summed E-state index contributed by atoms with van der Waals surface area (Å²) in [4.78, 5) is 4.08. The molecule has 0 atom stereocenters. The molecule has 1 aromatic heterocycles. The Morgan fingerprint density at radius 2 is 2.00 bits per heavy atom. The van der Waals surface area contributed by atoms with Gasteiger partial charge in [-0.05, 0) is 49.2 Å². The zero-order valence-corrected chi connectivity index (χ0v) is 10.5. The summed E-state index contributed by atoms with van der Waals surface area (Å²) in [7, 11) is 0. The minimum absolute atomic E-state index is 0.404. The number of aryl methyl sites for hydroxylation is 2. The quantitative estimate of drug-likeness (QED) is 0.824. The highest BCUT2D eigenvalue weighted by atomic mass is 35.5. The number of nitrogen functional groups attached to an aromatic ring is 1. The van der Waals surface area contributed by atoms with E-state index in [1.165, 1.54) is 0 Å². The van der Waals surface area contributed by atoms with Gasteiger partial charge in [0.1, 0.15) is 10.8 Å². The van der Waals surface area contributed by atoms with Crippen molar-refractivity contribution in [2.75, 3.05) is 5.73 Å². The van der Waals surface area contributed by atoms with E-state index < -0.39 is 0 Å². The predicted octanol–water partition coefficient (Wildman–Crippen LogP) is 3.73. The Bertz CT molecular complexity index is 555. The highest BCUT2D eigenvalue weighted by molar-refractivity contribution is 6.31. The summed E-state index contributed by atoms with van der Waals surface area (Å²) in [6.07, 6.45) is 1.64. The van der Waals surface area contributed by atoms with Gasteiger partial charge in [0.15, 0.2) is 0 Å². The van der Waals surface area contributed by atoms with Crippen LogP contribution in [-0.2, 0) is 0 Å². The molecule has 3 nitrogen and oxygen atoms in total. The number of ether oxygens (including phenoxy) is 1. The van der Waals surface area contributed by atoms with Crippen molar-refractivity contribution in [3.63, 3.8) is 0 Å². The van der Waals surface area contributed by atoms with E-state index in [9.17, 15) is 0 Å².